The van der Waals surface area contributed by atoms with E-state index < -0.39 is 11.7 Å². The van der Waals surface area contributed by atoms with Crippen LogP contribution in [0.4, 0.5) is 8.78 Å². The molecule has 0 radical (unpaired) electrons. The summed E-state index contributed by atoms with van der Waals surface area (Å²) in [4.78, 5) is 0. The Labute approximate surface area is 187 Å². The fourth-order valence-corrected chi connectivity index (χ4v) is 5.82. The molecule has 31 heavy (non-hydrogen) atoms. The zero-order valence-electron chi connectivity index (χ0n) is 19.8. The molecular formula is C27H40F2O2. The number of allylic oxidation sites excluding steroid dienone is 1. The second kappa shape index (κ2) is 10.8. The summed E-state index contributed by atoms with van der Waals surface area (Å²) >= 11 is 0. The molecule has 2 aliphatic rings. The van der Waals surface area contributed by atoms with Gasteiger partial charge in [0.2, 0.25) is 5.85 Å². The average Bonchev–Trinajstić information content (AvgIpc) is 2.74. The molecular weight excluding hydrogens is 394 g/mol. The molecule has 1 atom stereocenters. The van der Waals surface area contributed by atoms with Crippen molar-refractivity contribution in [3.8, 4) is 11.5 Å². The Morgan fingerprint density at radius 1 is 1.03 bits per heavy atom. The molecule has 4 heteroatoms. The molecule has 174 valence electrons. The topological polar surface area (TPSA) is 18.5 Å². The lowest BCUT2D eigenvalue weighted by Gasteiger charge is -2.40. The summed E-state index contributed by atoms with van der Waals surface area (Å²) in [6.45, 7) is 7.33. The van der Waals surface area contributed by atoms with Crippen LogP contribution < -0.4 is 9.47 Å². The fraction of sp³-hybridized carbons (Fsp3) is 0.704. The van der Waals surface area contributed by atoms with Gasteiger partial charge < -0.3 is 9.47 Å². The highest BCUT2D eigenvalue weighted by atomic mass is 19.2. The Bertz CT molecular complexity index is 704. The molecule has 2 aliphatic carbocycles. The standard InChI is InChI=1S/C27H40F2O2/c1-5-7-20-8-10-21(11-9-20)22-12-14-23(15-13-22)27(4,29)31-24-17-19(3)26(25(28)18-24)30-16-6-2/h6,16-18,20-23H,5,7-15H2,1-4H3/b16-6+. The van der Waals surface area contributed by atoms with Crippen molar-refractivity contribution in [2.75, 3.05) is 0 Å². The van der Waals surface area contributed by atoms with E-state index in [0.29, 0.717) is 5.56 Å². The van der Waals surface area contributed by atoms with E-state index in [4.69, 9.17) is 9.47 Å². The number of alkyl halides is 1. The molecule has 2 nitrogen and oxygen atoms in total. The van der Waals surface area contributed by atoms with Crippen molar-refractivity contribution < 1.29 is 18.3 Å². The van der Waals surface area contributed by atoms with E-state index in [1.54, 1.807) is 26.0 Å². The molecule has 0 bridgehead atoms. The van der Waals surface area contributed by atoms with Crippen molar-refractivity contribution in [2.24, 2.45) is 23.7 Å². The summed E-state index contributed by atoms with van der Waals surface area (Å²) in [5.74, 6) is 0.380. The van der Waals surface area contributed by atoms with Crippen LogP contribution in [-0.2, 0) is 0 Å². The van der Waals surface area contributed by atoms with E-state index >= 15 is 4.39 Å². The van der Waals surface area contributed by atoms with Crippen LogP contribution >= 0.6 is 0 Å². The summed E-state index contributed by atoms with van der Waals surface area (Å²) in [7, 11) is 0. The van der Waals surface area contributed by atoms with E-state index in [9.17, 15) is 4.39 Å². The number of benzene rings is 1. The minimum atomic E-state index is -1.80. The lowest BCUT2D eigenvalue weighted by atomic mass is 9.68. The maximum atomic E-state index is 15.5. The van der Waals surface area contributed by atoms with Gasteiger partial charge in [-0.1, -0.05) is 38.7 Å². The van der Waals surface area contributed by atoms with E-state index in [1.165, 1.54) is 57.8 Å². The van der Waals surface area contributed by atoms with Crippen molar-refractivity contribution in [3.63, 3.8) is 0 Å². The molecule has 0 aromatic heterocycles. The van der Waals surface area contributed by atoms with Gasteiger partial charge in [0.05, 0.1) is 6.26 Å². The molecule has 0 saturated heterocycles. The normalized spacial score (nSPS) is 29.0. The summed E-state index contributed by atoms with van der Waals surface area (Å²) in [5, 5.41) is 0. The third kappa shape index (κ3) is 6.23. The Morgan fingerprint density at radius 3 is 2.19 bits per heavy atom. The van der Waals surface area contributed by atoms with Crippen molar-refractivity contribution >= 4 is 0 Å². The summed E-state index contributed by atoms with van der Waals surface area (Å²) in [6.07, 6.45) is 15.1. The Balaban J connectivity index is 1.54. The van der Waals surface area contributed by atoms with Gasteiger partial charge in [-0.15, -0.1) is 0 Å². The second-order valence-corrected chi connectivity index (χ2v) is 9.91. The van der Waals surface area contributed by atoms with Crippen LogP contribution in [0, 0.1) is 36.4 Å². The first kappa shape index (κ1) is 24.1. The van der Waals surface area contributed by atoms with Crippen LogP contribution in [0.2, 0.25) is 0 Å². The minimum absolute atomic E-state index is 0.150. The molecule has 2 saturated carbocycles. The molecule has 3 rings (SSSR count). The number of ether oxygens (including phenoxy) is 2. The summed E-state index contributed by atoms with van der Waals surface area (Å²) in [6, 6.07) is 2.88. The molecule has 1 unspecified atom stereocenters. The van der Waals surface area contributed by atoms with Gasteiger partial charge in [0.15, 0.2) is 11.6 Å². The zero-order valence-corrected chi connectivity index (χ0v) is 19.8. The van der Waals surface area contributed by atoms with Crippen LogP contribution in [0.15, 0.2) is 24.5 Å². The number of hydrogen-bond acceptors (Lipinski definition) is 2. The lowest BCUT2D eigenvalue weighted by Crippen LogP contribution is -2.39. The molecule has 2 fully saturated rings. The second-order valence-electron chi connectivity index (χ2n) is 9.91. The molecule has 0 spiro atoms. The first-order valence-electron chi connectivity index (χ1n) is 12.3. The van der Waals surface area contributed by atoms with Gasteiger partial charge in [0.25, 0.3) is 0 Å². The van der Waals surface area contributed by atoms with E-state index in [0.717, 1.165) is 43.4 Å². The average molecular weight is 435 g/mol. The SMILES string of the molecule is C/C=C/Oc1c(C)cc(OC(C)(F)C2CCC(C3CCC(CCC)CC3)CC2)cc1F. The van der Waals surface area contributed by atoms with Gasteiger partial charge in [-0.2, -0.15) is 4.39 Å². The van der Waals surface area contributed by atoms with Gasteiger partial charge >= 0.3 is 0 Å². The number of halogens is 2. The highest BCUT2D eigenvalue weighted by molar-refractivity contribution is 5.41. The minimum Gasteiger partial charge on any atom is -0.462 e. The van der Waals surface area contributed by atoms with Crippen LogP contribution in [0.3, 0.4) is 0 Å². The van der Waals surface area contributed by atoms with Gasteiger partial charge in [0.1, 0.15) is 5.75 Å². The predicted octanol–water partition coefficient (Wildman–Crippen LogP) is 8.52. The number of aryl methyl sites for hydroxylation is 1. The lowest BCUT2D eigenvalue weighted by molar-refractivity contribution is -0.110. The third-order valence-corrected chi connectivity index (χ3v) is 7.60. The van der Waals surface area contributed by atoms with Crippen molar-refractivity contribution in [3.05, 3.63) is 35.9 Å². The third-order valence-electron chi connectivity index (χ3n) is 7.60. The van der Waals surface area contributed by atoms with Gasteiger partial charge in [-0.3, -0.25) is 0 Å². The van der Waals surface area contributed by atoms with Gasteiger partial charge in [-0.05, 0) is 81.8 Å². The highest BCUT2D eigenvalue weighted by Crippen LogP contribution is 2.45. The molecule has 0 N–H and O–H groups in total. The quantitative estimate of drug-likeness (QED) is 0.382. The highest BCUT2D eigenvalue weighted by Gasteiger charge is 2.41. The van der Waals surface area contributed by atoms with Crippen molar-refractivity contribution in [1.29, 1.82) is 0 Å². The van der Waals surface area contributed by atoms with Crippen molar-refractivity contribution in [2.45, 2.75) is 97.8 Å². The molecule has 0 amide bonds. The molecule has 1 aromatic rings. The molecule has 0 heterocycles. The Morgan fingerprint density at radius 2 is 1.65 bits per heavy atom. The summed E-state index contributed by atoms with van der Waals surface area (Å²) < 4.78 is 41.0. The van der Waals surface area contributed by atoms with E-state index in [1.807, 2.05) is 0 Å². The smallest absolute Gasteiger partial charge is 0.248 e. The maximum Gasteiger partial charge on any atom is 0.248 e. The predicted molar refractivity (Wildman–Crippen MR) is 123 cm³/mol. The van der Waals surface area contributed by atoms with Crippen LogP contribution in [-0.4, -0.2) is 5.85 Å². The molecule has 0 aliphatic heterocycles. The zero-order chi connectivity index (χ0) is 22.4. The number of rotatable bonds is 8. The van der Waals surface area contributed by atoms with Gasteiger partial charge in [0, 0.05) is 18.9 Å². The monoisotopic (exact) mass is 434 g/mol. The Kier molecular flexibility index (Phi) is 8.41. The van der Waals surface area contributed by atoms with Crippen LogP contribution in [0.1, 0.15) is 90.5 Å². The Hall–Kier alpha value is -1.58. The van der Waals surface area contributed by atoms with Crippen LogP contribution in [0.5, 0.6) is 11.5 Å². The van der Waals surface area contributed by atoms with Crippen LogP contribution in [0.25, 0.3) is 0 Å². The van der Waals surface area contributed by atoms with Gasteiger partial charge in [-0.25, -0.2) is 4.39 Å². The first-order chi connectivity index (χ1) is 14.8. The van der Waals surface area contributed by atoms with Crippen molar-refractivity contribution in [1.82, 2.24) is 0 Å². The molecule has 1 aromatic carbocycles. The van der Waals surface area contributed by atoms with E-state index in [2.05, 4.69) is 6.92 Å². The maximum absolute atomic E-state index is 15.5. The fourth-order valence-electron chi connectivity index (χ4n) is 5.82. The van der Waals surface area contributed by atoms with E-state index in [-0.39, 0.29) is 17.4 Å². The number of hydrogen-bond donors (Lipinski definition) is 0. The first-order valence-corrected chi connectivity index (χ1v) is 12.3. The largest absolute Gasteiger partial charge is 0.462 e. The summed E-state index contributed by atoms with van der Waals surface area (Å²) in [5.41, 5.74) is 0.589.